The van der Waals surface area contributed by atoms with E-state index < -0.39 is 0 Å². The Hall–Kier alpha value is -1.06. The summed E-state index contributed by atoms with van der Waals surface area (Å²) in [6, 6.07) is 7.45. The highest BCUT2D eigenvalue weighted by molar-refractivity contribution is 5.40. The van der Waals surface area contributed by atoms with Crippen molar-refractivity contribution in [1.82, 2.24) is 9.80 Å². The summed E-state index contributed by atoms with van der Waals surface area (Å²) in [4.78, 5) is 4.82. The molecule has 0 aliphatic heterocycles. The zero-order chi connectivity index (χ0) is 16.8. The lowest BCUT2D eigenvalue weighted by molar-refractivity contribution is 0.0872. The number of hydrogen-bond acceptors (Lipinski definition) is 3. The van der Waals surface area contributed by atoms with Crippen LogP contribution < -0.4 is 0 Å². The number of para-hydroxylation sites is 1. The molecule has 1 aliphatic carbocycles. The Morgan fingerprint density at radius 1 is 1.04 bits per heavy atom. The molecule has 1 aromatic carbocycles. The molecule has 130 valence electrons. The number of phenolic OH excluding ortho intramolecular Hbond substituents is 1. The molecule has 3 heteroatoms. The van der Waals surface area contributed by atoms with Gasteiger partial charge in [0.1, 0.15) is 5.75 Å². The second-order valence-electron chi connectivity index (χ2n) is 7.33. The van der Waals surface area contributed by atoms with Crippen molar-refractivity contribution in [3.8, 4) is 5.75 Å². The van der Waals surface area contributed by atoms with E-state index in [2.05, 4.69) is 56.1 Å². The molecule has 0 spiro atoms. The average molecular weight is 319 g/mol. The van der Waals surface area contributed by atoms with Gasteiger partial charge in [0.2, 0.25) is 0 Å². The highest BCUT2D eigenvalue weighted by Crippen LogP contribution is 2.29. The third-order valence-electron chi connectivity index (χ3n) is 5.35. The normalized spacial score (nSPS) is 22.0. The van der Waals surface area contributed by atoms with Gasteiger partial charge in [-0.05, 0) is 52.4 Å². The van der Waals surface area contributed by atoms with Crippen LogP contribution in [0.4, 0.5) is 0 Å². The topological polar surface area (TPSA) is 26.7 Å². The molecule has 0 unspecified atom stereocenters. The van der Waals surface area contributed by atoms with Crippen LogP contribution in [-0.2, 0) is 13.0 Å². The Kier molecular flexibility index (Phi) is 6.91. The zero-order valence-electron chi connectivity index (χ0n) is 15.4. The summed E-state index contributed by atoms with van der Waals surface area (Å²) in [7, 11) is 6.60. The highest BCUT2D eigenvalue weighted by Gasteiger charge is 2.30. The van der Waals surface area contributed by atoms with Gasteiger partial charge in [0.25, 0.3) is 0 Å². The van der Waals surface area contributed by atoms with Gasteiger partial charge in [-0.25, -0.2) is 0 Å². The number of aromatic hydroxyl groups is 1. The Morgan fingerprint density at radius 3 is 2.35 bits per heavy atom. The largest absolute Gasteiger partial charge is 0.507 e. The lowest BCUT2D eigenvalue weighted by atomic mass is 9.88. The van der Waals surface area contributed by atoms with Crippen LogP contribution in [0.3, 0.4) is 0 Å². The number of likely N-dealkylation sites (N-methyl/N-ethyl adjacent to an activating group) is 2. The molecule has 0 amide bonds. The first kappa shape index (κ1) is 18.3. The Bertz CT molecular complexity index is 487. The van der Waals surface area contributed by atoms with E-state index in [1.54, 1.807) is 0 Å². The monoisotopic (exact) mass is 318 g/mol. The minimum Gasteiger partial charge on any atom is -0.507 e. The van der Waals surface area contributed by atoms with E-state index in [1.165, 1.54) is 25.7 Å². The molecule has 1 aliphatic rings. The number of phenols is 1. The Morgan fingerprint density at radius 2 is 1.70 bits per heavy atom. The molecule has 1 fully saturated rings. The smallest absolute Gasteiger partial charge is 0.123 e. The molecule has 1 saturated carbocycles. The van der Waals surface area contributed by atoms with Gasteiger partial charge in [-0.15, -0.1) is 0 Å². The highest BCUT2D eigenvalue weighted by atomic mass is 16.3. The lowest BCUT2D eigenvalue weighted by Gasteiger charge is -2.41. The number of aryl methyl sites for hydroxylation is 1. The summed E-state index contributed by atoms with van der Waals surface area (Å²) in [5.74, 6) is 0.519. The summed E-state index contributed by atoms with van der Waals surface area (Å²) >= 11 is 0. The molecule has 2 rings (SSSR count). The average Bonchev–Trinajstić information content (AvgIpc) is 2.55. The first-order valence-corrected chi connectivity index (χ1v) is 9.21. The maximum Gasteiger partial charge on any atom is 0.123 e. The van der Waals surface area contributed by atoms with Gasteiger partial charge in [-0.1, -0.05) is 44.4 Å². The third-order valence-corrected chi connectivity index (χ3v) is 5.35. The molecule has 0 bridgehead atoms. The van der Waals surface area contributed by atoms with E-state index in [1.807, 2.05) is 0 Å². The summed E-state index contributed by atoms with van der Waals surface area (Å²) < 4.78 is 0. The first-order chi connectivity index (χ1) is 11.0. The Balaban J connectivity index is 2.08. The second kappa shape index (κ2) is 8.70. The van der Waals surface area contributed by atoms with Crippen molar-refractivity contribution in [3.63, 3.8) is 0 Å². The molecule has 23 heavy (non-hydrogen) atoms. The molecule has 1 N–H and O–H groups in total. The van der Waals surface area contributed by atoms with Gasteiger partial charge in [0.05, 0.1) is 0 Å². The molecule has 3 nitrogen and oxygen atoms in total. The fraction of sp³-hybridized carbons (Fsp3) is 0.700. The van der Waals surface area contributed by atoms with Crippen molar-refractivity contribution in [1.29, 1.82) is 0 Å². The standard InChI is InChI=1S/C20H34N2O/c1-5-6-10-16-11-9-12-17(20(16)23)15-22(4)19-14-8-7-13-18(19)21(2)3/h9,11-12,18-19,23H,5-8,10,13-15H2,1-4H3/t18-,19-/m1/s1. The van der Waals surface area contributed by atoms with Gasteiger partial charge >= 0.3 is 0 Å². The molecule has 0 aromatic heterocycles. The second-order valence-corrected chi connectivity index (χ2v) is 7.33. The van der Waals surface area contributed by atoms with E-state index in [9.17, 15) is 5.11 Å². The first-order valence-electron chi connectivity index (χ1n) is 9.21. The van der Waals surface area contributed by atoms with E-state index in [-0.39, 0.29) is 0 Å². The summed E-state index contributed by atoms with van der Waals surface area (Å²) in [5, 5.41) is 10.6. The van der Waals surface area contributed by atoms with Gasteiger partial charge < -0.3 is 10.0 Å². The summed E-state index contributed by atoms with van der Waals surface area (Å²) in [6.45, 7) is 3.03. The zero-order valence-corrected chi connectivity index (χ0v) is 15.4. The predicted octanol–water partition coefficient (Wildman–Crippen LogP) is 4.04. The van der Waals surface area contributed by atoms with Crippen LogP contribution in [0.2, 0.25) is 0 Å². The maximum absolute atomic E-state index is 10.6. The molecule has 0 saturated heterocycles. The van der Waals surface area contributed by atoms with Crippen LogP contribution in [0.5, 0.6) is 5.75 Å². The molecular formula is C20H34N2O. The predicted molar refractivity (Wildman–Crippen MR) is 97.9 cm³/mol. The van der Waals surface area contributed by atoms with Crippen LogP contribution in [0, 0.1) is 0 Å². The van der Waals surface area contributed by atoms with Crippen molar-refractivity contribution in [2.24, 2.45) is 0 Å². The Labute approximate surface area is 142 Å². The quantitative estimate of drug-likeness (QED) is 0.822. The molecule has 0 heterocycles. The number of benzene rings is 1. The van der Waals surface area contributed by atoms with Crippen LogP contribution in [0.25, 0.3) is 0 Å². The van der Waals surface area contributed by atoms with E-state index in [0.29, 0.717) is 17.8 Å². The molecular weight excluding hydrogens is 284 g/mol. The minimum absolute atomic E-state index is 0.519. The third kappa shape index (κ3) is 4.71. The SMILES string of the molecule is CCCCc1cccc(CN(C)[C@@H]2CCCC[C@H]2N(C)C)c1O. The van der Waals surface area contributed by atoms with Crippen molar-refractivity contribution < 1.29 is 5.11 Å². The summed E-state index contributed by atoms with van der Waals surface area (Å²) in [6.07, 6.45) is 8.48. The fourth-order valence-corrected chi connectivity index (χ4v) is 3.94. The minimum atomic E-state index is 0.519. The molecule has 2 atom stereocenters. The van der Waals surface area contributed by atoms with Crippen LogP contribution in [-0.4, -0.2) is 48.1 Å². The van der Waals surface area contributed by atoms with Crippen molar-refractivity contribution in [2.45, 2.75) is 70.5 Å². The van der Waals surface area contributed by atoms with E-state index >= 15 is 0 Å². The van der Waals surface area contributed by atoms with Crippen molar-refractivity contribution in [3.05, 3.63) is 29.3 Å². The van der Waals surface area contributed by atoms with Gasteiger partial charge in [0.15, 0.2) is 0 Å². The summed E-state index contributed by atoms with van der Waals surface area (Å²) in [5.41, 5.74) is 2.18. The van der Waals surface area contributed by atoms with Gasteiger partial charge in [-0.2, -0.15) is 0 Å². The van der Waals surface area contributed by atoms with Gasteiger partial charge in [0, 0.05) is 24.2 Å². The van der Waals surface area contributed by atoms with Crippen LogP contribution in [0.15, 0.2) is 18.2 Å². The fourth-order valence-electron chi connectivity index (χ4n) is 3.94. The number of hydrogen-bond donors (Lipinski definition) is 1. The lowest BCUT2D eigenvalue weighted by Crippen LogP contribution is -2.49. The van der Waals surface area contributed by atoms with Gasteiger partial charge in [-0.3, -0.25) is 4.90 Å². The van der Waals surface area contributed by atoms with Crippen LogP contribution >= 0.6 is 0 Å². The molecule has 1 aromatic rings. The van der Waals surface area contributed by atoms with E-state index in [0.717, 1.165) is 36.9 Å². The van der Waals surface area contributed by atoms with Crippen molar-refractivity contribution in [2.75, 3.05) is 21.1 Å². The van der Waals surface area contributed by atoms with Crippen LogP contribution in [0.1, 0.15) is 56.6 Å². The maximum atomic E-state index is 10.6. The number of nitrogens with zero attached hydrogens (tertiary/aromatic N) is 2. The molecule has 0 radical (unpaired) electrons. The number of rotatable bonds is 7. The number of unbranched alkanes of at least 4 members (excludes halogenated alkanes) is 1. The van der Waals surface area contributed by atoms with E-state index in [4.69, 9.17) is 0 Å². The van der Waals surface area contributed by atoms with Crippen molar-refractivity contribution >= 4 is 0 Å².